The van der Waals surface area contributed by atoms with Gasteiger partial charge >= 0.3 is 0 Å². The molecule has 0 spiro atoms. The lowest BCUT2D eigenvalue weighted by molar-refractivity contribution is 0.189. The Balaban J connectivity index is 1.68. The van der Waals surface area contributed by atoms with Crippen LogP contribution in [0, 0.1) is 19.8 Å². The van der Waals surface area contributed by atoms with Crippen molar-refractivity contribution in [2.45, 2.75) is 52.1 Å². The molecule has 0 radical (unpaired) electrons. The molecule has 1 aromatic carbocycles. The summed E-state index contributed by atoms with van der Waals surface area (Å²) >= 11 is 0. The maximum absolute atomic E-state index is 3.48. The Hall–Kier alpha value is -0.860. The molecule has 3 rings (SSSR count). The van der Waals surface area contributed by atoms with Gasteiger partial charge in [-0.25, -0.2) is 0 Å². The molecule has 2 heteroatoms. The molecule has 1 N–H and O–H groups in total. The molecule has 1 saturated heterocycles. The van der Waals surface area contributed by atoms with Crippen LogP contribution in [-0.2, 0) is 6.54 Å². The van der Waals surface area contributed by atoms with E-state index in [1.807, 2.05) is 0 Å². The molecule has 1 aliphatic carbocycles. The molecule has 1 aromatic rings. The van der Waals surface area contributed by atoms with Crippen LogP contribution in [0.25, 0.3) is 0 Å². The molecule has 20 heavy (non-hydrogen) atoms. The Morgan fingerprint density at radius 3 is 2.30 bits per heavy atom. The summed E-state index contributed by atoms with van der Waals surface area (Å²) in [6, 6.07) is 7.57. The SMILES string of the molecule is Cc1cccc(C)c1CN(CC1CCNCC1)C1CC1. The van der Waals surface area contributed by atoms with Gasteiger partial charge in [0.1, 0.15) is 0 Å². The minimum atomic E-state index is 0.865. The number of nitrogens with one attached hydrogen (secondary N) is 1. The standard InChI is InChI=1S/C18H28N2/c1-14-4-3-5-15(2)18(14)13-20(17-6-7-17)12-16-8-10-19-11-9-16/h3-5,16-17,19H,6-13H2,1-2H3. The zero-order chi connectivity index (χ0) is 13.9. The molecule has 2 aliphatic rings. The fourth-order valence-corrected chi connectivity index (χ4v) is 3.48. The van der Waals surface area contributed by atoms with Gasteiger partial charge in [0.15, 0.2) is 0 Å². The second-order valence-corrected chi connectivity index (χ2v) is 6.72. The summed E-state index contributed by atoms with van der Waals surface area (Å²) in [6.45, 7) is 9.42. The molecule has 0 bridgehead atoms. The van der Waals surface area contributed by atoms with E-state index < -0.39 is 0 Å². The highest BCUT2D eigenvalue weighted by molar-refractivity contribution is 5.33. The van der Waals surface area contributed by atoms with Crippen molar-refractivity contribution in [3.05, 3.63) is 34.9 Å². The monoisotopic (exact) mass is 272 g/mol. The van der Waals surface area contributed by atoms with Gasteiger partial charge in [0, 0.05) is 19.1 Å². The molecule has 1 heterocycles. The van der Waals surface area contributed by atoms with Crippen LogP contribution >= 0.6 is 0 Å². The molecule has 2 fully saturated rings. The minimum absolute atomic E-state index is 0.865. The summed E-state index contributed by atoms with van der Waals surface area (Å²) in [5.74, 6) is 0.904. The van der Waals surface area contributed by atoms with Crippen LogP contribution in [-0.4, -0.2) is 30.6 Å². The lowest BCUT2D eigenvalue weighted by Crippen LogP contribution is -2.37. The molecule has 1 aliphatic heterocycles. The summed E-state index contributed by atoms with van der Waals surface area (Å²) in [4.78, 5) is 2.77. The molecule has 0 aromatic heterocycles. The van der Waals surface area contributed by atoms with Crippen molar-refractivity contribution in [3.63, 3.8) is 0 Å². The van der Waals surface area contributed by atoms with Crippen LogP contribution < -0.4 is 5.32 Å². The lowest BCUT2D eigenvalue weighted by atomic mass is 9.96. The van der Waals surface area contributed by atoms with E-state index >= 15 is 0 Å². The van der Waals surface area contributed by atoms with E-state index in [-0.39, 0.29) is 0 Å². The van der Waals surface area contributed by atoms with Gasteiger partial charge in [0.25, 0.3) is 0 Å². The second-order valence-electron chi connectivity index (χ2n) is 6.72. The van der Waals surface area contributed by atoms with E-state index in [2.05, 4.69) is 42.3 Å². The van der Waals surface area contributed by atoms with Crippen molar-refractivity contribution < 1.29 is 0 Å². The van der Waals surface area contributed by atoms with Crippen molar-refractivity contribution in [1.29, 1.82) is 0 Å². The first-order valence-corrected chi connectivity index (χ1v) is 8.24. The van der Waals surface area contributed by atoms with Crippen molar-refractivity contribution in [2.24, 2.45) is 5.92 Å². The number of rotatable bonds is 5. The Kier molecular flexibility index (Phi) is 4.42. The van der Waals surface area contributed by atoms with Crippen LogP contribution in [0.15, 0.2) is 18.2 Å². The summed E-state index contributed by atoms with van der Waals surface area (Å²) in [6.07, 6.45) is 5.54. The zero-order valence-electron chi connectivity index (χ0n) is 13.0. The van der Waals surface area contributed by atoms with E-state index in [0.29, 0.717) is 0 Å². The first-order chi connectivity index (χ1) is 9.74. The number of piperidine rings is 1. The number of benzene rings is 1. The van der Waals surface area contributed by atoms with Gasteiger partial charge in [-0.1, -0.05) is 18.2 Å². The molecule has 1 saturated carbocycles. The smallest absolute Gasteiger partial charge is 0.0242 e. The van der Waals surface area contributed by atoms with Gasteiger partial charge in [0.05, 0.1) is 0 Å². The number of hydrogen-bond acceptors (Lipinski definition) is 2. The number of nitrogens with zero attached hydrogens (tertiary/aromatic N) is 1. The van der Waals surface area contributed by atoms with E-state index in [0.717, 1.165) is 18.5 Å². The summed E-state index contributed by atoms with van der Waals surface area (Å²) < 4.78 is 0. The summed E-state index contributed by atoms with van der Waals surface area (Å²) in [7, 11) is 0. The second kappa shape index (κ2) is 6.28. The highest BCUT2D eigenvalue weighted by atomic mass is 15.2. The molecule has 0 atom stereocenters. The van der Waals surface area contributed by atoms with Crippen LogP contribution in [0.1, 0.15) is 42.4 Å². The third kappa shape index (κ3) is 3.42. The number of hydrogen-bond donors (Lipinski definition) is 1. The van der Waals surface area contributed by atoms with Gasteiger partial charge in [-0.05, 0) is 75.2 Å². The number of aryl methyl sites for hydroxylation is 2. The van der Waals surface area contributed by atoms with Crippen LogP contribution in [0.4, 0.5) is 0 Å². The topological polar surface area (TPSA) is 15.3 Å². The maximum atomic E-state index is 3.48. The van der Waals surface area contributed by atoms with Gasteiger partial charge in [-0.15, -0.1) is 0 Å². The van der Waals surface area contributed by atoms with E-state index in [4.69, 9.17) is 0 Å². The third-order valence-corrected chi connectivity index (χ3v) is 5.02. The van der Waals surface area contributed by atoms with Crippen molar-refractivity contribution in [2.75, 3.05) is 19.6 Å². The predicted octanol–water partition coefficient (Wildman–Crippen LogP) is 3.27. The van der Waals surface area contributed by atoms with E-state index in [1.165, 1.54) is 56.4 Å². The van der Waals surface area contributed by atoms with Crippen LogP contribution in [0.3, 0.4) is 0 Å². The summed E-state index contributed by atoms with van der Waals surface area (Å²) in [5.41, 5.74) is 4.48. The highest BCUT2D eigenvalue weighted by Crippen LogP contribution is 2.31. The average Bonchev–Trinajstić information content (AvgIpc) is 3.27. The third-order valence-electron chi connectivity index (χ3n) is 5.02. The van der Waals surface area contributed by atoms with Gasteiger partial charge in [-0.3, -0.25) is 4.90 Å². The molecule has 0 unspecified atom stereocenters. The first-order valence-electron chi connectivity index (χ1n) is 8.24. The zero-order valence-corrected chi connectivity index (χ0v) is 13.0. The molecule has 0 amide bonds. The van der Waals surface area contributed by atoms with Gasteiger partial charge in [0.2, 0.25) is 0 Å². The maximum Gasteiger partial charge on any atom is 0.0242 e. The summed E-state index contributed by atoms with van der Waals surface area (Å²) in [5, 5.41) is 3.48. The van der Waals surface area contributed by atoms with Crippen molar-refractivity contribution in [1.82, 2.24) is 10.2 Å². The minimum Gasteiger partial charge on any atom is -0.317 e. The Bertz CT molecular complexity index is 424. The van der Waals surface area contributed by atoms with Gasteiger partial charge in [-0.2, -0.15) is 0 Å². The van der Waals surface area contributed by atoms with E-state index in [1.54, 1.807) is 5.56 Å². The average molecular weight is 272 g/mol. The van der Waals surface area contributed by atoms with Crippen molar-refractivity contribution in [3.8, 4) is 0 Å². The molecule has 110 valence electrons. The van der Waals surface area contributed by atoms with Crippen LogP contribution in [0.5, 0.6) is 0 Å². The molecular formula is C18H28N2. The van der Waals surface area contributed by atoms with Crippen molar-refractivity contribution >= 4 is 0 Å². The fourth-order valence-electron chi connectivity index (χ4n) is 3.48. The lowest BCUT2D eigenvalue weighted by Gasteiger charge is -2.31. The predicted molar refractivity (Wildman–Crippen MR) is 84.9 cm³/mol. The van der Waals surface area contributed by atoms with Crippen LogP contribution in [0.2, 0.25) is 0 Å². The highest BCUT2D eigenvalue weighted by Gasteiger charge is 2.31. The van der Waals surface area contributed by atoms with E-state index in [9.17, 15) is 0 Å². The Labute approximate surface area is 123 Å². The first kappa shape index (κ1) is 14.1. The molecular weight excluding hydrogens is 244 g/mol. The largest absolute Gasteiger partial charge is 0.317 e. The normalized spacial score (nSPS) is 20.6. The Morgan fingerprint density at radius 2 is 1.70 bits per heavy atom. The molecule has 2 nitrogen and oxygen atoms in total. The fraction of sp³-hybridized carbons (Fsp3) is 0.667. The van der Waals surface area contributed by atoms with Gasteiger partial charge < -0.3 is 5.32 Å². The quantitative estimate of drug-likeness (QED) is 0.885. The Morgan fingerprint density at radius 1 is 1.05 bits per heavy atom.